The largest absolute Gasteiger partial charge is 0.435 e. The van der Waals surface area contributed by atoms with E-state index in [-0.39, 0.29) is 5.91 Å². The molecule has 2 aromatic rings. The number of carbonyl (C=O) groups excluding carboxylic acids is 1. The van der Waals surface area contributed by atoms with Gasteiger partial charge in [0.15, 0.2) is 5.69 Å². The molecule has 2 aromatic heterocycles. The fraction of sp³-hybridized carbons (Fsp3) is 0.500. The monoisotopic (exact) mass is 410 g/mol. The third kappa shape index (κ3) is 4.91. The highest BCUT2D eigenvalue weighted by Crippen LogP contribution is 2.32. The van der Waals surface area contributed by atoms with Crippen molar-refractivity contribution >= 4 is 41.0 Å². The zero-order valence-corrected chi connectivity index (χ0v) is 16.3. The molecular weight excluding hydrogens is 393 g/mol. The zero-order valence-electron chi connectivity index (χ0n) is 13.8. The molecule has 0 bridgehead atoms. The van der Waals surface area contributed by atoms with Crippen LogP contribution in [0.4, 0.5) is 13.2 Å². The summed E-state index contributed by atoms with van der Waals surface area (Å²) in [5, 5.41) is 7.05. The minimum atomic E-state index is -4.45. The van der Waals surface area contributed by atoms with E-state index < -0.39 is 11.9 Å². The van der Waals surface area contributed by atoms with Gasteiger partial charge in [-0.2, -0.15) is 22.6 Å². The van der Waals surface area contributed by atoms with Crippen molar-refractivity contribution in [1.82, 2.24) is 19.5 Å². The van der Waals surface area contributed by atoms with E-state index in [9.17, 15) is 18.0 Å². The average Bonchev–Trinajstić information content (AvgIpc) is 3.14. The number of carbonyl (C=O) groups is 1. The predicted molar refractivity (Wildman–Crippen MR) is 94.6 cm³/mol. The van der Waals surface area contributed by atoms with Crippen LogP contribution in [0.1, 0.15) is 28.2 Å². The maximum absolute atomic E-state index is 12.6. The number of nitrogens with one attached hydrogen (secondary N) is 1. The minimum Gasteiger partial charge on any atom is -0.352 e. The Labute approximate surface area is 155 Å². The molecule has 0 aliphatic heterocycles. The van der Waals surface area contributed by atoms with Crippen molar-refractivity contribution in [3.8, 4) is 0 Å². The van der Waals surface area contributed by atoms with Crippen LogP contribution in [-0.2, 0) is 12.7 Å². The fourth-order valence-corrected chi connectivity index (χ4v) is 4.40. The van der Waals surface area contributed by atoms with Gasteiger partial charge in [0, 0.05) is 18.8 Å². The molecule has 1 N–H and O–H groups in total. The highest BCUT2D eigenvalue weighted by molar-refractivity contribution is 8.01. The maximum Gasteiger partial charge on any atom is 0.435 e. The summed E-state index contributed by atoms with van der Waals surface area (Å²) in [6.45, 7) is 2.22. The van der Waals surface area contributed by atoms with E-state index in [0.717, 1.165) is 10.3 Å². The number of hydrogen-bond donors (Lipinski definition) is 1. The summed E-state index contributed by atoms with van der Waals surface area (Å²) < 4.78 is 44.3. The smallest absolute Gasteiger partial charge is 0.352 e. The Hall–Kier alpha value is -1.20. The SMILES string of the molecule is CSc1nsc(SC)c1C(=O)NCCCn1nc(C(F)(F)F)cc1C. The van der Waals surface area contributed by atoms with Gasteiger partial charge >= 0.3 is 6.18 Å². The van der Waals surface area contributed by atoms with Gasteiger partial charge in [0.2, 0.25) is 0 Å². The second kappa shape index (κ2) is 8.45. The number of hydrogen-bond acceptors (Lipinski definition) is 6. The Morgan fingerprint density at radius 3 is 2.64 bits per heavy atom. The second-order valence-corrected chi connectivity index (χ2v) is 7.70. The van der Waals surface area contributed by atoms with Gasteiger partial charge in [0.25, 0.3) is 5.91 Å². The van der Waals surface area contributed by atoms with Crippen molar-refractivity contribution in [2.75, 3.05) is 19.1 Å². The molecule has 0 aliphatic rings. The summed E-state index contributed by atoms with van der Waals surface area (Å²) in [4.78, 5) is 12.3. The lowest BCUT2D eigenvalue weighted by Gasteiger charge is -2.07. The van der Waals surface area contributed by atoms with Gasteiger partial charge in [-0.3, -0.25) is 9.48 Å². The van der Waals surface area contributed by atoms with E-state index in [2.05, 4.69) is 14.8 Å². The first kappa shape index (κ1) is 20.1. The van der Waals surface area contributed by atoms with Crippen LogP contribution in [-0.4, -0.2) is 39.1 Å². The van der Waals surface area contributed by atoms with Gasteiger partial charge in [0.1, 0.15) is 5.03 Å². The van der Waals surface area contributed by atoms with Crippen molar-refractivity contribution < 1.29 is 18.0 Å². The maximum atomic E-state index is 12.6. The Balaban J connectivity index is 1.91. The van der Waals surface area contributed by atoms with Gasteiger partial charge < -0.3 is 5.32 Å². The molecule has 25 heavy (non-hydrogen) atoms. The molecule has 138 valence electrons. The number of halogens is 3. The molecule has 2 rings (SSSR count). The van der Waals surface area contributed by atoms with Crippen LogP contribution in [0.2, 0.25) is 0 Å². The summed E-state index contributed by atoms with van der Waals surface area (Å²) in [7, 11) is 0. The van der Waals surface area contributed by atoms with E-state index in [1.807, 2.05) is 12.5 Å². The molecule has 0 aromatic carbocycles. The third-order valence-corrected chi connectivity index (χ3v) is 6.08. The minimum absolute atomic E-state index is 0.212. The second-order valence-electron chi connectivity index (χ2n) is 5.06. The van der Waals surface area contributed by atoms with Crippen LogP contribution >= 0.6 is 35.1 Å². The van der Waals surface area contributed by atoms with Crippen molar-refractivity contribution in [1.29, 1.82) is 0 Å². The van der Waals surface area contributed by atoms with Crippen LogP contribution in [0.3, 0.4) is 0 Å². The van der Waals surface area contributed by atoms with E-state index >= 15 is 0 Å². The molecule has 0 spiro atoms. The van der Waals surface area contributed by atoms with Crippen LogP contribution in [0.15, 0.2) is 15.3 Å². The van der Waals surface area contributed by atoms with E-state index in [1.165, 1.54) is 39.7 Å². The van der Waals surface area contributed by atoms with Gasteiger partial charge in [0.05, 0.1) is 9.77 Å². The van der Waals surface area contributed by atoms with Gasteiger partial charge in [-0.05, 0) is 43.5 Å². The summed E-state index contributed by atoms with van der Waals surface area (Å²) in [5.74, 6) is -0.212. The van der Waals surface area contributed by atoms with Crippen LogP contribution in [0, 0.1) is 6.92 Å². The molecule has 0 radical (unpaired) electrons. The topological polar surface area (TPSA) is 59.8 Å². The van der Waals surface area contributed by atoms with Crippen molar-refractivity contribution in [2.24, 2.45) is 0 Å². The Morgan fingerprint density at radius 2 is 2.08 bits per heavy atom. The molecule has 5 nitrogen and oxygen atoms in total. The number of nitrogens with zero attached hydrogens (tertiary/aromatic N) is 3. The number of thioether (sulfide) groups is 2. The van der Waals surface area contributed by atoms with Gasteiger partial charge in [-0.25, -0.2) is 0 Å². The van der Waals surface area contributed by atoms with Crippen molar-refractivity contribution in [2.45, 2.75) is 35.3 Å². The summed E-state index contributed by atoms with van der Waals surface area (Å²) in [5.41, 5.74) is 0.113. The van der Waals surface area contributed by atoms with Gasteiger partial charge in [-0.15, -0.1) is 23.5 Å². The summed E-state index contributed by atoms with van der Waals surface area (Å²) >= 11 is 4.15. The Kier molecular flexibility index (Phi) is 6.80. The Bertz CT molecular complexity index is 721. The van der Waals surface area contributed by atoms with E-state index in [1.54, 1.807) is 6.92 Å². The molecule has 11 heteroatoms. The first-order valence-corrected chi connectivity index (χ1v) is 10.5. The first-order chi connectivity index (χ1) is 11.8. The van der Waals surface area contributed by atoms with Crippen molar-refractivity contribution in [3.05, 3.63) is 23.0 Å². The number of aryl methyl sites for hydroxylation is 2. The lowest BCUT2D eigenvalue weighted by atomic mass is 10.3. The number of alkyl halides is 3. The molecule has 1 amide bonds. The highest BCUT2D eigenvalue weighted by atomic mass is 32.2. The quantitative estimate of drug-likeness (QED) is 0.554. The van der Waals surface area contributed by atoms with Crippen LogP contribution in [0.5, 0.6) is 0 Å². The molecule has 0 saturated carbocycles. The lowest BCUT2D eigenvalue weighted by Crippen LogP contribution is -2.26. The molecule has 0 saturated heterocycles. The van der Waals surface area contributed by atoms with Crippen LogP contribution in [0.25, 0.3) is 0 Å². The third-order valence-electron chi connectivity index (χ3n) is 3.34. The number of amides is 1. The zero-order chi connectivity index (χ0) is 18.6. The molecule has 0 fully saturated rings. The number of rotatable bonds is 7. The van der Waals surface area contributed by atoms with Gasteiger partial charge in [-0.1, -0.05) is 0 Å². The molecule has 0 aliphatic carbocycles. The number of aromatic nitrogens is 3. The Morgan fingerprint density at radius 1 is 1.36 bits per heavy atom. The van der Waals surface area contributed by atoms with E-state index in [0.29, 0.717) is 35.8 Å². The first-order valence-electron chi connectivity index (χ1n) is 7.25. The average molecular weight is 411 g/mol. The molecule has 0 atom stereocenters. The highest BCUT2D eigenvalue weighted by Gasteiger charge is 2.34. The predicted octanol–water partition coefficient (Wildman–Crippen LogP) is 3.93. The molecule has 0 unspecified atom stereocenters. The normalized spacial score (nSPS) is 11.8. The summed E-state index contributed by atoms with van der Waals surface area (Å²) in [6.07, 6.45) is -0.229. The fourth-order valence-electron chi connectivity index (χ4n) is 2.12. The van der Waals surface area contributed by atoms with Crippen LogP contribution < -0.4 is 5.32 Å². The molecule has 2 heterocycles. The summed E-state index contributed by atoms with van der Waals surface area (Å²) in [6, 6.07) is 1.02. The van der Waals surface area contributed by atoms with E-state index in [4.69, 9.17) is 0 Å². The molecular formula is C14H17F3N4OS3. The standard InChI is InChI=1S/C14H17F3N4OS3/c1-8-7-9(14(15,16)17)19-21(8)6-4-5-18-11(22)10-12(23-2)20-25-13(10)24-3/h7H,4-6H2,1-3H3,(H,18,22). The van der Waals surface area contributed by atoms with Crippen molar-refractivity contribution in [3.63, 3.8) is 0 Å². The lowest BCUT2D eigenvalue weighted by molar-refractivity contribution is -0.141.